The Balaban J connectivity index is 1.60. The molecule has 0 spiro atoms. The summed E-state index contributed by atoms with van der Waals surface area (Å²) in [6.07, 6.45) is -4.76. The minimum Gasteiger partial charge on any atom is -0.387 e. The van der Waals surface area contributed by atoms with Crippen molar-refractivity contribution in [3.05, 3.63) is 35.9 Å². The van der Waals surface area contributed by atoms with Crippen molar-refractivity contribution in [2.24, 2.45) is 0 Å². The fourth-order valence-corrected chi connectivity index (χ4v) is 3.71. The van der Waals surface area contributed by atoms with Gasteiger partial charge in [-0.3, -0.25) is 0 Å². The van der Waals surface area contributed by atoms with Crippen LogP contribution in [0.3, 0.4) is 0 Å². The summed E-state index contributed by atoms with van der Waals surface area (Å²) in [5, 5.41) is 20.8. The number of rotatable bonds is 5. The van der Waals surface area contributed by atoms with Crippen molar-refractivity contribution in [3.8, 4) is 0 Å². The van der Waals surface area contributed by atoms with Gasteiger partial charge in [0.25, 0.3) is 0 Å². The molecule has 2 fully saturated rings. The summed E-state index contributed by atoms with van der Waals surface area (Å²) in [5.74, 6) is 0. The Bertz CT molecular complexity index is 546. The van der Waals surface area contributed by atoms with Crippen molar-refractivity contribution in [2.45, 2.75) is 62.7 Å². The summed E-state index contributed by atoms with van der Waals surface area (Å²) < 4.78 is 23.1. The van der Waals surface area contributed by atoms with E-state index in [0.717, 1.165) is 11.6 Å². The lowest BCUT2D eigenvalue weighted by Crippen LogP contribution is -2.62. The largest absolute Gasteiger partial charge is 0.387 e. The SMILES string of the molecule is C[Si](C)(C)CCO[C@@H]1O[C@@H]2CO[C@@H](c3ccccc3)O[C@H]2[C@H](O)[C@H]1O. The minimum atomic E-state index is -1.24. The molecule has 0 aromatic heterocycles. The van der Waals surface area contributed by atoms with Gasteiger partial charge >= 0.3 is 0 Å². The predicted octanol–water partition coefficient (Wildman–Crippen LogP) is 1.90. The summed E-state index contributed by atoms with van der Waals surface area (Å²) >= 11 is 0. The molecule has 1 aromatic rings. The summed E-state index contributed by atoms with van der Waals surface area (Å²) in [6, 6.07) is 10.5. The van der Waals surface area contributed by atoms with Crippen molar-refractivity contribution in [3.63, 3.8) is 0 Å². The number of aliphatic hydroxyl groups excluding tert-OH is 2. The van der Waals surface area contributed by atoms with E-state index in [2.05, 4.69) is 19.6 Å². The van der Waals surface area contributed by atoms with Gasteiger partial charge in [-0.05, 0) is 6.04 Å². The number of hydrogen-bond donors (Lipinski definition) is 2. The van der Waals surface area contributed by atoms with Crippen LogP contribution in [-0.2, 0) is 18.9 Å². The number of ether oxygens (including phenoxy) is 4. The first-order valence-electron chi connectivity index (χ1n) is 8.80. The smallest absolute Gasteiger partial charge is 0.186 e. The molecule has 1 aromatic carbocycles. The Morgan fingerprint density at radius 2 is 1.80 bits per heavy atom. The Morgan fingerprint density at radius 1 is 1.08 bits per heavy atom. The third kappa shape index (κ3) is 4.68. The molecule has 6 nitrogen and oxygen atoms in total. The Kier molecular flexibility index (Phi) is 5.94. The average molecular weight is 369 g/mol. The van der Waals surface area contributed by atoms with Crippen LogP contribution in [-0.4, -0.2) is 62.2 Å². The monoisotopic (exact) mass is 368 g/mol. The summed E-state index contributed by atoms with van der Waals surface area (Å²) in [4.78, 5) is 0. The van der Waals surface area contributed by atoms with Gasteiger partial charge in [-0.15, -0.1) is 0 Å². The van der Waals surface area contributed by atoms with E-state index in [1.165, 1.54) is 0 Å². The molecule has 2 aliphatic heterocycles. The Hall–Kier alpha value is -0.803. The molecule has 7 heteroatoms. The third-order valence-electron chi connectivity index (χ3n) is 4.54. The molecule has 0 aliphatic carbocycles. The second-order valence-corrected chi connectivity index (χ2v) is 13.5. The van der Waals surface area contributed by atoms with Crippen LogP contribution in [0.1, 0.15) is 11.9 Å². The van der Waals surface area contributed by atoms with Gasteiger partial charge in [-0.2, -0.15) is 0 Å². The zero-order chi connectivity index (χ0) is 18.0. The van der Waals surface area contributed by atoms with Crippen LogP contribution in [0.2, 0.25) is 25.7 Å². The number of aliphatic hydroxyl groups is 2. The van der Waals surface area contributed by atoms with Crippen LogP contribution in [0.4, 0.5) is 0 Å². The normalized spacial score (nSPS) is 36.0. The number of fused-ring (bicyclic) bond motifs is 1. The molecule has 2 heterocycles. The first-order chi connectivity index (χ1) is 11.8. The van der Waals surface area contributed by atoms with E-state index < -0.39 is 45.1 Å². The van der Waals surface area contributed by atoms with Crippen LogP contribution in [0, 0.1) is 0 Å². The zero-order valence-electron chi connectivity index (χ0n) is 15.0. The second kappa shape index (κ2) is 7.83. The maximum atomic E-state index is 10.5. The minimum absolute atomic E-state index is 0.280. The summed E-state index contributed by atoms with van der Waals surface area (Å²) in [5.41, 5.74) is 0.871. The van der Waals surface area contributed by atoms with E-state index in [0.29, 0.717) is 6.61 Å². The number of hydrogen-bond acceptors (Lipinski definition) is 6. The predicted molar refractivity (Wildman–Crippen MR) is 94.8 cm³/mol. The molecule has 0 saturated carbocycles. The van der Waals surface area contributed by atoms with E-state index in [4.69, 9.17) is 18.9 Å². The van der Waals surface area contributed by atoms with Crippen LogP contribution in [0.25, 0.3) is 0 Å². The van der Waals surface area contributed by atoms with E-state index in [1.54, 1.807) is 0 Å². The molecule has 3 rings (SSSR count). The maximum Gasteiger partial charge on any atom is 0.186 e. The van der Waals surface area contributed by atoms with Crippen molar-refractivity contribution < 1.29 is 29.2 Å². The first kappa shape index (κ1) is 19.0. The van der Waals surface area contributed by atoms with Gasteiger partial charge in [0.05, 0.1) is 6.61 Å². The van der Waals surface area contributed by atoms with E-state index >= 15 is 0 Å². The molecule has 0 bridgehead atoms. The van der Waals surface area contributed by atoms with Crippen LogP contribution < -0.4 is 0 Å². The molecule has 2 saturated heterocycles. The van der Waals surface area contributed by atoms with Gasteiger partial charge in [0.2, 0.25) is 0 Å². The van der Waals surface area contributed by atoms with Gasteiger partial charge < -0.3 is 29.2 Å². The molecule has 140 valence electrons. The van der Waals surface area contributed by atoms with Gasteiger partial charge in [0.15, 0.2) is 12.6 Å². The van der Waals surface area contributed by atoms with E-state index in [9.17, 15) is 10.2 Å². The van der Waals surface area contributed by atoms with Crippen molar-refractivity contribution in [1.29, 1.82) is 0 Å². The molecule has 2 aliphatic rings. The summed E-state index contributed by atoms with van der Waals surface area (Å²) in [6.45, 7) is 7.56. The third-order valence-corrected chi connectivity index (χ3v) is 6.24. The molecular formula is C18H28O6Si. The Morgan fingerprint density at radius 3 is 2.48 bits per heavy atom. The van der Waals surface area contributed by atoms with Crippen molar-refractivity contribution >= 4 is 8.07 Å². The standard InChI is InChI=1S/C18H28O6Si/c1-25(2,3)10-9-21-18-15(20)14(19)16-13(23-18)11-22-17(24-16)12-7-5-4-6-8-12/h4-8,13-20H,9-11H2,1-3H3/t13-,14-,15-,16-,17-,18-/m1/s1. The average Bonchev–Trinajstić information content (AvgIpc) is 2.59. The quantitative estimate of drug-likeness (QED) is 0.773. The fraction of sp³-hybridized carbons (Fsp3) is 0.667. The Labute approximate surface area is 149 Å². The number of benzene rings is 1. The topological polar surface area (TPSA) is 77.4 Å². The molecule has 25 heavy (non-hydrogen) atoms. The van der Waals surface area contributed by atoms with Crippen LogP contribution in [0.15, 0.2) is 30.3 Å². The van der Waals surface area contributed by atoms with Gasteiger partial charge in [0.1, 0.15) is 24.4 Å². The molecule has 0 unspecified atom stereocenters. The molecular weight excluding hydrogens is 340 g/mol. The van der Waals surface area contributed by atoms with Crippen molar-refractivity contribution in [2.75, 3.05) is 13.2 Å². The first-order valence-corrected chi connectivity index (χ1v) is 12.5. The zero-order valence-corrected chi connectivity index (χ0v) is 16.0. The summed E-state index contributed by atoms with van der Waals surface area (Å²) in [7, 11) is -1.24. The van der Waals surface area contributed by atoms with E-state index in [-0.39, 0.29) is 6.61 Å². The maximum absolute atomic E-state index is 10.5. The lowest BCUT2D eigenvalue weighted by Gasteiger charge is -2.46. The highest BCUT2D eigenvalue weighted by molar-refractivity contribution is 6.76. The van der Waals surface area contributed by atoms with E-state index in [1.807, 2.05) is 30.3 Å². The van der Waals surface area contributed by atoms with Crippen LogP contribution in [0.5, 0.6) is 0 Å². The highest BCUT2D eigenvalue weighted by Crippen LogP contribution is 2.34. The van der Waals surface area contributed by atoms with Crippen molar-refractivity contribution in [1.82, 2.24) is 0 Å². The fourth-order valence-electron chi connectivity index (χ4n) is 2.98. The van der Waals surface area contributed by atoms with Gasteiger partial charge in [0, 0.05) is 20.2 Å². The lowest BCUT2D eigenvalue weighted by atomic mass is 9.98. The second-order valence-electron chi connectivity index (χ2n) is 7.88. The molecule has 2 N–H and O–H groups in total. The van der Waals surface area contributed by atoms with Gasteiger partial charge in [-0.25, -0.2) is 0 Å². The van der Waals surface area contributed by atoms with Crippen LogP contribution >= 0.6 is 0 Å². The molecule has 0 radical (unpaired) electrons. The molecule has 0 amide bonds. The van der Waals surface area contributed by atoms with Gasteiger partial charge in [-0.1, -0.05) is 50.0 Å². The molecule has 6 atom stereocenters. The lowest BCUT2D eigenvalue weighted by molar-refractivity contribution is -0.360. The highest BCUT2D eigenvalue weighted by atomic mass is 28.3. The highest BCUT2D eigenvalue weighted by Gasteiger charge is 2.49.